The predicted octanol–water partition coefficient (Wildman–Crippen LogP) is 5.08. The fraction of sp³-hybridized carbons (Fsp3) is 0.176. The number of hydrogen-bond donors (Lipinski definition) is 1. The number of rotatable bonds is 8. The van der Waals surface area contributed by atoms with E-state index >= 15 is 0 Å². The molecule has 1 saturated heterocycles. The quantitative estimate of drug-likeness (QED) is 0.264. The van der Waals surface area contributed by atoms with Gasteiger partial charge in [-0.05, 0) is 54.6 Å². The first-order chi connectivity index (χ1) is 21.4. The van der Waals surface area contributed by atoms with Gasteiger partial charge >= 0.3 is 0 Å². The van der Waals surface area contributed by atoms with E-state index in [1.165, 1.54) is 4.68 Å². The summed E-state index contributed by atoms with van der Waals surface area (Å²) in [5.74, 6) is 0.0381. The van der Waals surface area contributed by atoms with Gasteiger partial charge in [0.15, 0.2) is 6.61 Å². The molecular weight excluding hydrogens is 578 g/mol. The van der Waals surface area contributed by atoms with Gasteiger partial charge in [-0.1, -0.05) is 60.1 Å². The zero-order valence-corrected chi connectivity index (χ0v) is 24.6. The average molecular weight is 608 g/mol. The molecule has 2 heterocycles. The molecule has 1 aliphatic rings. The van der Waals surface area contributed by atoms with Crippen LogP contribution in [0.4, 0.5) is 11.4 Å². The lowest BCUT2D eigenvalue weighted by atomic mass is 10.1. The maximum atomic E-state index is 13.2. The molecule has 9 nitrogen and oxygen atoms in total. The topological polar surface area (TPSA) is 96.8 Å². The molecule has 0 saturated carbocycles. The van der Waals surface area contributed by atoms with Gasteiger partial charge in [-0.2, -0.15) is 5.10 Å². The maximum Gasteiger partial charge on any atom is 0.275 e. The van der Waals surface area contributed by atoms with Crippen molar-refractivity contribution in [2.24, 2.45) is 0 Å². The van der Waals surface area contributed by atoms with Crippen LogP contribution in [0.1, 0.15) is 0 Å². The molecule has 2 amide bonds. The Hall–Kier alpha value is -5.15. The van der Waals surface area contributed by atoms with Crippen LogP contribution in [0, 0.1) is 0 Å². The highest BCUT2D eigenvalue weighted by Gasteiger charge is 2.21. The molecule has 0 unspecified atom stereocenters. The summed E-state index contributed by atoms with van der Waals surface area (Å²) in [5, 5.41) is 9.09. The normalized spacial score (nSPS) is 13.1. The minimum atomic E-state index is -0.407. The molecule has 44 heavy (non-hydrogen) atoms. The number of hydrogen-bond acceptors (Lipinski definition) is 6. The van der Waals surface area contributed by atoms with Crippen LogP contribution in [-0.2, 0) is 16.1 Å². The van der Waals surface area contributed by atoms with E-state index in [0.29, 0.717) is 46.0 Å². The van der Waals surface area contributed by atoms with Crippen LogP contribution >= 0.6 is 11.6 Å². The Labute approximate surface area is 259 Å². The third-order valence-electron chi connectivity index (χ3n) is 7.53. The minimum Gasteiger partial charge on any atom is -0.484 e. The van der Waals surface area contributed by atoms with Crippen LogP contribution in [0.25, 0.3) is 22.0 Å². The lowest BCUT2D eigenvalue weighted by Crippen LogP contribution is -2.50. The molecule has 5 aromatic rings. The molecule has 222 valence electrons. The number of ether oxygens (including phenoxy) is 1. The van der Waals surface area contributed by atoms with E-state index in [1.54, 1.807) is 48.5 Å². The highest BCUT2D eigenvalue weighted by molar-refractivity contribution is 6.30. The molecule has 1 fully saturated rings. The highest BCUT2D eigenvalue weighted by atomic mass is 35.5. The summed E-state index contributed by atoms with van der Waals surface area (Å²) in [6.45, 7) is 2.48. The lowest BCUT2D eigenvalue weighted by molar-refractivity contribution is -0.133. The number of amides is 2. The Balaban J connectivity index is 1.05. The number of fused-ring (bicyclic) bond motifs is 1. The lowest BCUT2D eigenvalue weighted by Gasteiger charge is -2.36. The number of carbonyl (C=O) groups is 2. The van der Waals surface area contributed by atoms with E-state index in [-0.39, 0.29) is 24.6 Å². The second-order valence-electron chi connectivity index (χ2n) is 10.4. The fourth-order valence-corrected chi connectivity index (χ4v) is 5.35. The molecule has 0 radical (unpaired) electrons. The van der Waals surface area contributed by atoms with Crippen molar-refractivity contribution >= 4 is 45.6 Å². The summed E-state index contributed by atoms with van der Waals surface area (Å²) in [4.78, 5) is 42.9. The van der Waals surface area contributed by atoms with E-state index in [1.807, 2.05) is 47.4 Å². The molecule has 0 atom stereocenters. The summed E-state index contributed by atoms with van der Waals surface area (Å²) in [5.41, 5.74) is 2.69. The van der Waals surface area contributed by atoms with Gasteiger partial charge in [-0.3, -0.25) is 14.4 Å². The number of para-hydroxylation sites is 1. The van der Waals surface area contributed by atoms with Gasteiger partial charge in [0.2, 0.25) is 5.91 Å². The van der Waals surface area contributed by atoms with E-state index in [4.69, 9.17) is 16.3 Å². The summed E-state index contributed by atoms with van der Waals surface area (Å²) in [6.07, 6.45) is 0. The molecule has 1 N–H and O–H groups in total. The molecule has 6 rings (SSSR count). The van der Waals surface area contributed by atoms with Crippen molar-refractivity contribution in [1.82, 2.24) is 14.7 Å². The third-order valence-corrected chi connectivity index (χ3v) is 7.78. The Morgan fingerprint density at radius 2 is 1.45 bits per heavy atom. The molecule has 4 aromatic carbocycles. The van der Waals surface area contributed by atoms with Gasteiger partial charge in [-0.15, -0.1) is 0 Å². The monoisotopic (exact) mass is 607 g/mol. The second kappa shape index (κ2) is 13.0. The Bertz CT molecular complexity index is 1830. The predicted molar refractivity (Wildman–Crippen MR) is 172 cm³/mol. The molecule has 0 spiro atoms. The van der Waals surface area contributed by atoms with Gasteiger partial charge in [0, 0.05) is 53.5 Å². The van der Waals surface area contributed by atoms with E-state index < -0.39 is 5.91 Å². The van der Waals surface area contributed by atoms with Crippen molar-refractivity contribution in [2.45, 2.75) is 6.54 Å². The number of piperazine rings is 1. The van der Waals surface area contributed by atoms with Crippen molar-refractivity contribution in [2.75, 3.05) is 43.0 Å². The second-order valence-corrected chi connectivity index (χ2v) is 10.9. The van der Waals surface area contributed by atoms with Crippen molar-refractivity contribution < 1.29 is 14.3 Å². The number of nitrogens with one attached hydrogen (secondary N) is 1. The van der Waals surface area contributed by atoms with E-state index in [2.05, 4.69) is 27.4 Å². The van der Waals surface area contributed by atoms with Gasteiger partial charge in [0.05, 0.1) is 11.1 Å². The first-order valence-electron chi connectivity index (χ1n) is 14.3. The largest absolute Gasteiger partial charge is 0.484 e. The van der Waals surface area contributed by atoms with Gasteiger partial charge in [-0.25, -0.2) is 4.68 Å². The number of carbonyl (C=O) groups excluding carboxylic acids is 2. The first kappa shape index (κ1) is 28.9. The summed E-state index contributed by atoms with van der Waals surface area (Å²) < 4.78 is 6.90. The van der Waals surface area contributed by atoms with E-state index in [0.717, 1.165) is 24.3 Å². The summed E-state index contributed by atoms with van der Waals surface area (Å²) in [6, 6.07) is 31.3. The SMILES string of the molecule is O=C(Cn1nc(-c2ccc(Cl)cc2)c2ccccc2c1=O)Nc1ccc(OCC(=O)N2CCN(c3ccccc3)CC2)cc1. The number of anilines is 2. The van der Waals surface area contributed by atoms with Gasteiger partial charge in [0.1, 0.15) is 12.3 Å². The summed E-state index contributed by atoms with van der Waals surface area (Å²) in [7, 11) is 0. The zero-order chi connectivity index (χ0) is 30.5. The minimum absolute atomic E-state index is 0.0659. The Kier molecular flexibility index (Phi) is 8.56. The highest BCUT2D eigenvalue weighted by Crippen LogP contribution is 2.26. The van der Waals surface area contributed by atoms with Gasteiger partial charge in [0.25, 0.3) is 11.5 Å². The van der Waals surface area contributed by atoms with Crippen LogP contribution in [0.15, 0.2) is 108 Å². The number of benzene rings is 4. The van der Waals surface area contributed by atoms with E-state index in [9.17, 15) is 14.4 Å². The van der Waals surface area contributed by atoms with Crippen LogP contribution in [-0.4, -0.2) is 59.3 Å². The Morgan fingerprint density at radius 1 is 0.795 bits per heavy atom. The third kappa shape index (κ3) is 6.58. The molecule has 1 aromatic heterocycles. The van der Waals surface area contributed by atoms with Crippen molar-refractivity contribution in [3.05, 3.63) is 119 Å². The molecule has 10 heteroatoms. The molecule has 1 aliphatic heterocycles. The standard InChI is InChI=1S/C34H30ClN5O4/c35-25-12-10-24(11-13-25)33-29-8-4-5-9-30(29)34(43)40(37-33)22-31(41)36-26-14-16-28(17-15-26)44-23-32(42)39-20-18-38(19-21-39)27-6-2-1-3-7-27/h1-17H,18-23H2,(H,36,41). The smallest absolute Gasteiger partial charge is 0.275 e. The van der Waals surface area contributed by atoms with Crippen molar-refractivity contribution in [3.8, 4) is 17.0 Å². The zero-order valence-electron chi connectivity index (χ0n) is 23.9. The fourth-order valence-electron chi connectivity index (χ4n) is 5.22. The average Bonchev–Trinajstić information content (AvgIpc) is 3.06. The number of halogens is 1. The van der Waals surface area contributed by atoms with Crippen LogP contribution in [0.2, 0.25) is 5.02 Å². The molecule has 0 bridgehead atoms. The van der Waals surface area contributed by atoms with Crippen molar-refractivity contribution in [1.29, 1.82) is 0 Å². The number of aromatic nitrogens is 2. The van der Waals surface area contributed by atoms with Crippen LogP contribution in [0.5, 0.6) is 5.75 Å². The van der Waals surface area contributed by atoms with Gasteiger partial charge < -0.3 is 19.9 Å². The van der Waals surface area contributed by atoms with Crippen molar-refractivity contribution in [3.63, 3.8) is 0 Å². The first-order valence-corrected chi connectivity index (χ1v) is 14.7. The molecule has 0 aliphatic carbocycles. The summed E-state index contributed by atoms with van der Waals surface area (Å²) >= 11 is 6.06. The number of nitrogens with zero attached hydrogens (tertiary/aromatic N) is 4. The van der Waals surface area contributed by atoms with Crippen LogP contribution < -0.4 is 20.5 Å². The Morgan fingerprint density at radius 3 is 2.16 bits per heavy atom. The van der Waals surface area contributed by atoms with Crippen LogP contribution in [0.3, 0.4) is 0 Å². The maximum absolute atomic E-state index is 13.2. The molecular formula is C34H30ClN5O4.